The molecule has 2 radical (unpaired) electrons. The third kappa shape index (κ3) is 1.72. The first-order valence-electron chi connectivity index (χ1n) is 5.26. The van der Waals surface area contributed by atoms with Crippen molar-refractivity contribution in [2.45, 2.75) is 18.8 Å². The van der Waals surface area contributed by atoms with Gasteiger partial charge >= 0.3 is 0 Å². The molecule has 0 atom stereocenters. The number of para-hydroxylation sites is 1. The Bertz CT molecular complexity index is 474. The molecule has 0 aliphatic heterocycles. The molecule has 76 valence electrons. The summed E-state index contributed by atoms with van der Waals surface area (Å²) < 4.78 is 2.32. The Labute approximate surface area is 98.5 Å². The van der Waals surface area contributed by atoms with Gasteiger partial charge in [-0.15, -0.1) is 0 Å². The predicted octanol–water partition coefficient (Wildman–Crippen LogP) is 1.58. The summed E-state index contributed by atoms with van der Waals surface area (Å²) in [5.74, 6) is 0. The van der Waals surface area contributed by atoms with E-state index in [1.165, 1.54) is 22.2 Å². The van der Waals surface area contributed by atoms with Gasteiger partial charge in [-0.3, -0.25) is 0 Å². The molecule has 2 N–H and O–H groups in total. The number of hydrogen-bond acceptors (Lipinski definition) is 1. The number of fused-ring (bicyclic) bond motifs is 1. The zero-order valence-electron chi connectivity index (χ0n) is 9.03. The normalized spacial score (nSPS) is 11.1. The molecule has 0 bridgehead atoms. The minimum atomic E-state index is 0.714. The summed E-state index contributed by atoms with van der Waals surface area (Å²) in [7, 11) is 0. The molecule has 0 aliphatic carbocycles. The van der Waals surface area contributed by atoms with Crippen LogP contribution in [0.4, 0.5) is 0 Å². The van der Waals surface area contributed by atoms with E-state index in [0.717, 1.165) is 11.8 Å². The Morgan fingerprint density at radius 1 is 1.33 bits per heavy atom. The van der Waals surface area contributed by atoms with E-state index in [4.69, 9.17) is 5.73 Å². The van der Waals surface area contributed by atoms with Crippen LogP contribution in [0.25, 0.3) is 10.9 Å². The van der Waals surface area contributed by atoms with Gasteiger partial charge in [-0.2, -0.15) is 0 Å². The van der Waals surface area contributed by atoms with Crippen molar-refractivity contribution in [3.05, 3.63) is 35.5 Å². The number of rotatable bonds is 3. The van der Waals surface area contributed by atoms with Gasteiger partial charge in [0.25, 0.3) is 0 Å². The van der Waals surface area contributed by atoms with Gasteiger partial charge in [0.15, 0.2) is 16.3 Å². The van der Waals surface area contributed by atoms with Crippen molar-refractivity contribution >= 4 is 27.2 Å². The maximum absolute atomic E-state index is 5.66. The summed E-state index contributed by atoms with van der Waals surface area (Å²) >= 11 is 2.78. The minimum Gasteiger partial charge on any atom is -0.361 e. The molecule has 0 saturated heterocycles. The topological polar surface area (TPSA) is 30.9 Å². The number of nitrogens with zero attached hydrogens (tertiary/aromatic N) is 1. The molecule has 0 fully saturated rings. The number of hydrogen-bond donors (Lipinski definition) is 1. The van der Waals surface area contributed by atoms with E-state index in [0.29, 0.717) is 6.54 Å². The maximum Gasteiger partial charge on any atom is 0.154 e. The van der Waals surface area contributed by atoms with Crippen LogP contribution in [0, 0.1) is 6.92 Å². The molecule has 2 rings (SSSR count). The SMILES string of the molecule is Cc1c(CCN)c2ccccc2n1[CH2][Al]. The van der Waals surface area contributed by atoms with Gasteiger partial charge in [-0.05, 0) is 31.5 Å². The summed E-state index contributed by atoms with van der Waals surface area (Å²) in [4.78, 5) is 0. The standard InChI is InChI=1S/C12H15N2.Al/c1-9-10(7-8-13)11-5-3-4-6-12(11)14(9)2;/h3-6H,2,7-8,13H2,1H3;. The number of aromatic nitrogens is 1. The van der Waals surface area contributed by atoms with E-state index in [2.05, 4.69) is 52.0 Å². The van der Waals surface area contributed by atoms with Gasteiger partial charge in [0.05, 0.1) is 0 Å². The van der Waals surface area contributed by atoms with E-state index >= 15 is 0 Å². The van der Waals surface area contributed by atoms with Crippen LogP contribution in [-0.4, -0.2) is 27.4 Å². The number of nitrogens with two attached hydrogens (primary N) is 1. The Kier molecular flexibility index (Phi) is 3.16. The first kappa shape index (κ1) is 10.8. The second kappa shape index (κ2) is 4.40. The van der Waals surface area contributed by atoms with Crippen LogP contribution < -0.4 is 5.73 Å². The van der Waals surface area contributed by atoms with Crippen LogP contribution in [0.2, 0.25) is 0 Å². The molecule has 2 aromatic rings. The van der Waals surface area contributed by atoms with Crippen LogP contribution >= 0.6 is 0 Å². The Morgan fingerprint density at radius 3 is 2.73 bits per heavy atom. The summed E-state index contributed by atoms with van der Waals surface area (Å²) in [6, 6.07) is 8.54. The van der Waals surface area contributed by atoms with Crippen molar-refractivity contribution in [2.75, 3.05) is 6.54 Å². The molecule has 0 unspecified atom stereocenters. The minimum absolute atomic E-state index is 0.714. The molecule has 2 nitrogen and oxygen atoms in total. The molecule has 0 spiro atoms. The summed E-state index contributed by atoms with van der Waals surface area (Å²) in [6.45, 7) is 2.89. The average Bonchev–Trinajstić information content (AvgIpc) is 2.53. The smallest absolute Gasteiger partial charge is 0.154 e. The van der Waals surface area contributed by atoms with Gasteiger partial charge in [0.2, 0.25) is 0 Å². The average molecular weight is 214 g/mol. The Balaban J connectivity index is 2.72. The van der Waals surface area contributed by atoms with E-state index in [-0.39, 0.29) is 0 Å². The van der Waals surface area contributed by atoms with Crippen LogP contribution in [0.1, 0.15) is 11.3 Å². The second-order valence-corrected chi connectivity index (χ2v) is 4.10. The van der Waals surface area contributed by atoms with E-state index < -0.39 is 0 Å². The molecule has 0 aliphatic rings. The summed E-state index contributed by atoms with van der Waals surface area (Å²) in [5, 5.41) is 2.29. The van der Waals surface area contributed by atoms with Crippen molar-refractivity contribution < 1.29 is 0 Å². The second-order valence-electron chi connectivity index (χ2n) is 3.73. The molecule has 3 heteroatoms. The molecule has 1 heterocycles. The predicted molar refractivity (Wildman–Crippen MR) is 65.2 cm³/mol. The van der Waals surface area contributed by atoms with E-state index in [1.807, 2.05) is 0 Å². The van der Waals surface area contributed by atoms with E-state index in [1.54, 1.807) is 0 Å². The molecular formula is C12H15AlN2. The largest absolute Gasteiger partial charge is 0.361 e. The van der Waals surface area contributed by atoms with Gasteiger partial charge in [0, 0.05) is 16.6 Å². The highest BCUT2D eigenvalue weighted by Gasteiger charge is 2.10. The maximum atomic E-state index is 5.66. The fraction of sp³-hybridized carbons (Fsp3) is 0.333. The lowest BCUT2D eigenvalue weighted by Gasteiger charge is -2.04. The van der Waals surface area contributed by atoms with Gasteiger partial charge < -0.3 is 10.3 Å². The fourth-order valence-electron chi connectivity index (χ4n) is 2.20. The zero-order chi connectivity index (χ0) is 10.8. The van der Waals surface area contributed by atoms with Crippen LogP contribution in [0.3, 0.4) is 0 Å². The molecular weight excluding hydrogens is 199 g/mol. The molecule has 15 heavy (non-hydrogen) atoms. The quantitative estimate of drug-likeness (QED) is 0.773. The van der Waals surface area contributed by atoms with Crippen molar-refractivity contribution in [1.29, 1.82) is 0 Å². The lowest BCUT2D eigenvalue weighted by atomic mass is 10.1. The van der Waals surface area contributed by atoms with Crippen molar-refractivity contribution in [3.8, 4) is 0 Å². The van der Waals surface area contributed by atoms with Crippen LogP contribution in [0.5, 0.6) is 0 Å². The fourth-order valence-corrected chi connectivity index (χ4v) is 2.67. The highest BCUT2D eigenvalue weighted by atomic mass is 27.0. The Morgan fingerprint density at radius 2 is 2.07 bits per heavy atom. The van der Waals surface area contributed by atoms with Gasteiger partial charge in [-0.25, -0.2) is 0 Å². The third-order valence-electron chi connectivity index (χ3n) is 2.94. The summed E-state index contributed by atoms with van der Waals surface area (Å²) in [5.41, 5.74) is 9.71. The lowest BCUT2D eigenvalue weighted by Crippen LogP contribution is -2.05. The van der Waals surface area contributed by atoms with Gasteiger partial charge in [0.1, 0.15) is 0 Å². The monoisotopic (exact) mass is 214 g/mol. The first-order chi connectivity index (χ1) is 7.29. The van der Waals surface area contributed by atoms with Crippen LogP contribution in [0.15, 0.2) is 24.3 Å². The van der Waals surface area contributed by atoms with Crippen molar-refractivity contribution in [3.63, 3.8) is 0 Å². The Hall–Kier alpha value is -0.748. The molecule has 0 saturated carbocycles. The molecule has 1 aromatic heterocycles. The highest BCUT2D eigenvalue weighted by Crippen LogP contribution is 2.25. The summed E-state index contributed by atoms with van der Waals surface area (Å²) in [6.07, 6.45) is 0.962. The van der Waals surface area contributed by atoms with Crippen molar-refractivity contribution in [2.24, 2.45) is 5.73 Å². The highest BCUT2D eigenvalue weighted by molar-refractivity contribution is 6.07. The lowest BCUT2D eigenvalue weighted by molar-refractivity contribution is 0.859. The molecule has 1 aromatic carbocycles. The first-order valence-corrected chi connectivity index (χ1v) is 6.08. The molecule has 0 amide bonds. The zero-order valence-corrected chi connectivity index (χ0v) is 10.2. The van der Waals surface area contributed by atoms with E-state index in [9.17, 15) is 0 Å². The van der Waals surface area contributed by atoms with Gasteiger partial charge in [-0.1, -0.05) is 23.6 Å². The van der Waals surface area contributed by atoms with Crippen molar-refractivity contribution in [1.82, 2.24) is 4.57 Å². The third-order valence-corrected chi connectivity index (χ3v) is 3.30. The van der Waals surface area contributed by atoms with Crippen LogP contribution in [-0.2, 0) is 11.8 Å². The number of benzene rings is 1.